The van der Waals surface area contributed by atoms with E-state index >= 15 is 0 Å². The van der Waals surface area contributed by atoms with Crippen molar-refractivity contribution in [2.45, 2.75) is 18.4 Å². The van der Waals surface area contributed by atoms with Gasteiger partial charge < -0.3 is 19.7 Å². The van der Waals surface area contributed by atoms with Gasteiger partial charge in [0.1, 0.15) is 17.4 Å². The van der Waals surface area contributed by atoms with Crippen molar-refractivity contribution in [1.82, 2.24) is 29.9 Å². The number of carbonyl (C=O) groups excluding carboxylic acids is 2. The summed E-state index contributed by atoms with van der Waals surface area (Å²) >= 11 is 0. The summed E-state index contributed by atoms with van der Waals surface area (Å²) in [6, 6.07) is 8.37. The molecule has 14 heteroatoms. The number of carboxylic acid groups (broad SMARTS) is 1. The van der Waals surface area contributed by atoms with Gasteiger partial charge in [0.2, 0.25) is 5.91 Å². The van der Waals surface area contributed by atoms with Crippen LogP contribution in [0.1, 0.15) is 23.0 Å². The molecule has 4 aromatic rings. The molecule has 1 aliphatic heterocycles. The number of hydrogen-bond acceptors (Lipinski definition) is 7. The minimum absolute atomic E-state index is 0.103. The first-order chi connectivity index (χ1) is 18.3. The summed E-state index contributed by atoms with van der Waals surface area (Å²) in [5.74, 6) is -4.50. The molecule has 0 spiro atoms. The third-order valence-corrected chi connectivity index (χ3v) is 6.17. The Morgan fingerprint density at radius 2 is 2.00 bits per heavy atom. The monoisotopic (exact) mass is 525 g/mol. The maximum absolute atomic E-state index is 13.2. The lowest BCUT2D eigenvalue weighted by atomic mass is 10.1. The Bertz CT molecular complexity index is 1450. The molecule has 1 saturated heterocycles. The van der Waals surface area contributed by atoms with Crippen molar-refractivity contribution in [1.29, 1.82) is 0 Å². The summed E-state index contributed by atoms with van der Waals surface area (Å²) < 4.78 is 33.8. The van der Waals surface area contributed by atoms with Crippen LogP contribution in [0, 0.1) is 5.92 Å². The molecule has 4 aromatic heterocycles. The van der Waals surface area contributed by atoms with Crippen molar-refractivity contribution in [3.05, 3.63) is 60.9 Å². The number of nitrogens with zero attached hydrogens (tertiary/aromatic N) is 5. The van der Waals surface area contributed by atoms with E-state index in [9.17, 15) is 18.4 Å². The van der Waals surface area contributed by atoms with Crippen LogP contribution in [0.25, 0.3) is 22.7 Å². The standard InChI is InChI=1S/C23H19F2N7O3.CH2O2/c24-23(25)7-15(23)22(34)31-10-14(11-31)32-12-17(20(30-32)16-3-1-2-6-26-16)29-21(33)19-5-4-18(35-19)13-8-27-28-9-13;2-1-3/h1-6,8-9,12,14-15H,7,10-11H2,(H,27,28)(H,29,33);1H,(H,2,3). The third kappa shape index (κ3) is 4.87. The van der Waals surface area contributed by atoms with Gasteiger partial charge in [-0.1, -0.05) is 6.07 Å². The zero-order valence-corrected chi connectivity index (χ0v) is 19.6. The molecule has 1 unspecified atom stereocenters. The number of H-pyrrole nitrogens is 1. The predicted molar refractivity (Wildman–Crippen MR) is 127 cm³/mol. The van der Waals surface area contributed by atoms with E-state index in [0.29, 0.717) is 28.4 Å². The number of pyridine rings is 1. The largest absolute Gasteiger partial charge is 0.483 e. The summed E-state index contributed by atoms with van der Waals surface area (Å²) in [5.41, 5.74) is 2.11. The average Bonchev–Trinajstić information content (AvgIpc) is 3.39. The third-order valence-electron chi connectivity index (χ3n) is 6.17. The van der Waals surface area contributed by atoms with Gasteiger partial charge in [-0.3, -0.25) is 29.1 Å². The van der Waals surface area contributed by atoms with Crippen molar-refractivity contribution in [2.75, 3.05) is 18.4 Å². The quantitative estimate of drug-likeness (QED) is 0.324. The number of anilines is 1. The molecule has 2 fully saturated rings. The zero-order valence-electron chi connectivity index (χ0n) is 19.6. The van der Waals surface area contributed by atoms with Crippen LogP contribution >= 0.6 is 0 Å². The Labute approximate surface area is 213 Å². The Morgan fingerprint density at radius 3 is 2.63 bits per heavy atom. The van der Waals surface area contributed by atoms with Crippen LogP contribution in [-0.2, 0) is 9.59 Å². The Hall–Kier alpha value is -4.88. The molecule has 2 aliphatic rings. The number of rotatable bonds is 6. The lowest BCUT2D eigenvalue weighted by molar-refractivity contribution is -0.140. The van der Waals surface area contributed by atoms with Gasteiger partial charge in [0, 0.05) is 38.1 Å². The van der Waals surface area contributed by atoms with Gasteiger partial charge in [0.05, 0.1) is 29.2 Å². The zero-order chi connectivity index (χ0) is 26.9. The molecular weight excluding hydrogens is 504 g/mol. The van der Waals surface area contributed by atoms with Crippen molar-refractivity contribution in [3.63, 3.8) is 0 Å². The van der Waals surface area contributed by atoms with E-state index < -0.39 is 23.7 Å². The van der Waals surface area contributed by atoms with Gasteiger partial charge in [0.15, 0.2) is 5.76 Å². The summed E-state index contributed by atoms with van der Waals surface area (Å²) in [5, 5.41) is 20.9. The molecule has 1 atom stereocenters. The lowest BCUT2D eigenvalue weighted by Gasteiger charge is -2.39. The molecule has 3 N–H and O–H groups in total. The van der Waals surface area contributed by atoms with E-state index in [1.165, 1.54) is 4.90 Å². The maximum atomic E-state index is 13.2. The number of carbonyl (C=O) groups is 3. The van der Waals surface area contributed by atoms with Crippen molar-refractivity contribution in [2.24, 2.45) is 5.92 Å². The lowest BCUT2D eigenvalue weighted by Crippen LogP contribution is -2.51. The van der Waals surface area contributed by atoms with Crippen molar-refractivity contribution < 1.29 is 32.7 Å². The van der Waals surface area contributed by atoms with Crippen LogP contribution in [0.15, 0.2) is 59.5 Å². The highest BCUT2D eigenvalue weighted by molar-refractivity contribution is 6.04. The Morgan fingerprint density at radius 1 is 1.24 bits per heavy atom. The number of hydrogen-bond donors (Lipinski definition) is 3. The number of halogens is 2. The molecule has 1 aliphatic carbocycles. The number of aromatic amines is 1. The van der Waals surface area contributed by atoms with E-state index in [4.69, 9.17) is 14.3 Å². The van der Waals surface area contributed by atoms with Crippen LogP contribution in [-0.4, -0.2) is 72.3 Å². The highest BCUT2D eigenvalue weighted by Crippen LogP contribution is 2.50. The summed E-state index contributed by atoms with van der Waals surface area (Å²) in [6.07, 6.45) is 6.12. The average molecular weight is 525 g/mol. The smallest absolute Gasteiger partial charge is 0.291 e. The molecule has 0 bridgehead atoms. The number of amides is 2. The number of furan rings is 1. The second-order valence-electron chi connectivity index (χ2n) is 8.71. The first-order valence-electron chi connectivity index (χ1n) is 11.5. The first kappa shape index (κ1) is 24.8. The molecule has 5 heterocycles. The fourth-order valence-corrected chi connectivity index (χ4v) is 4.05. The van der Waals surface area contributed by atoms with Crippen molar-refractivity contribution >= 4 is 24.0 Å². The van der Waals surface area contributed by atoms with Gasteiger partial charge in [-0.2, -0.15) is 10.2 Å². The molecule has 6 rings (SSSR count). The number of alkyl halides is 2. The van der Waals surface area contributed by atoms with Gasteiger partial charge in [-0.25, -0.2) is 8.78 Å². The first-order valence-corrected chi connectivity index (χ1v) is 11.5. The van der Waals surface area contributed by atoms with E-state index in [0.717, 1.165) is 0 Å². The van der Waals surface area contributed by atoms with E-state index in [2.05, 4.69) is 25.6 Å². The van der Waals surface area contributed by atoms with Gasteiger partial charge in [-0.15, -0.1) is 0 Å². The predicted octanol–water partition coefficient (Wildman–Crippen LogP) is 2.92. The molecular formula is C24H21F2N7O5. The summed E-state index contributed by atoms with van der Waals surface area (Å²) in [6.45, 7) is 0.294. The Kier molecular flexibility index (Phi) is 6.45. The highest BCUT2D eigenvalue weighted by Gasteiger charge is 2.63. The number of nitrogens with one attached hydrogen (secondary N) is 2. The fourth-order valence-electron chi connectivity index (χ4n) is 4.05. The molecule has 0 aromatic carbocycles. The van der Waals surface area contributed by atoms with Crippen LogP contribution in [0.2, 0.25) is 0 Å². The molecule has 12 nitrogen and oxygen atoms in total. The van der Waals surface area contributed by atoms with Gasteiger partial charge in [0.25, 0.3) is 18.3 Å². The van der Waals surface area contributed by atoms with E-state index in [-0.39, 0.29) is 37.8 Å². The molecule has 0 radical (unpaired) electrons. The normalized spacial score (nSPS) is 17.6. The molecule has 2 amide bonds. The summed E-state index contributed by atoms with van der Waals surface area (Å²) in [7, 11) is 0. The van der Waals surface area contributed by atoms with Gasteiger partial charge in [-0.05, 0) is 24.3 Å². The van der Waals surface area contributed by atoms with Crippen LogP contribution < -0.4 is 5.32 Å². The van der Waals surface area contributed by atoms with Crippen LogP contribution in [0.3, 0.4) is 0 Å². The Balaban J connectivity index is 0.000000937. The maximum Gasteiger partial charge on any atom is 0.291 e. The summed E-state index contributed by atoms with van der Waals surface area (Å²) in [4.78, 5) is 39.2. The molecule has 1 saturated carbocycles. The fraction of sp³-hybridized carbons (Fsp3) is 0.250. The van der Waals surface area contributed by atoms with Gasteiger partial charge >= 0.3 is 0 Å². The van der Waals surface area contributed by atoms with E-state index in [1.54, 1.807) is 59.8 Å². The second kappa shape index (κ2) is 9.88. The number of likely N-dealkylation sites (tertiary alicyclic amines) is 1. The number of aromatic nitrogens is 5. The molecule has 38 heavy (non-hydrogen) atoms. The SMILES string of the molecule is O=C(Nc1cn(C2CN(C(=O)C3CC3(F)F)C2)nc1-c1ccccn1)c1ccc(-c2cn[nH]c2)o1.O=CO. The minimum atomic E-state index is -2.89. The van der Waals surface area contributed by atoms with Crippen LogP contribution in [0.4, 0.5) is 14.5 Å². The second-order valence-corrected chi connectivity index (χ2v) is 8.71. The minimum Gasteiger partial charge on any atom is -0.483 e. The highest BCUT2D eigenvalue weighted by atomic mass is 19.3. The van der Waals surface area contributed by atoms with Crippen LogP contribution in [0.5, 0.6) is 0 Å². The van der Waals surface area contributed by atoms with E-state index in [1.807, 2.05) is 0 Å². The topological polar surface area (TPSA) is 159 Å². The van der Waals surface area contributed by atoms with Crippen molar-refractivity contribution in [3.8, 4) is 22.7 Å². The molecule has 196 valence electrons.